The Hall–Kier alpha value is -1.38. The molecule has 0 unspecified atom stereocenters. The van der Waals surface area contributed by atoms with Gasteiger partial charge in [0.05, 0.1) is 11.4 Å². The molecule has 0 bridgehead atoms. The quantitative estimate of drug-likeness (QED) is 0.597. The minimum Gasteiger partial charge on any atom is -0.399 e. The van der Waals surface area contributed by atoms with E-state index in [1.165, 1.54) is 0 Å². The van der Waals surface area contributed by atoms with Gasteiger partial charge in [-0.05, 0) is 24.6 Å². The van der Waals surface area contributed by atoms with E-state index < -0.39 is 0 Å². The Morgan fingerprint density at radius 2 is 2.08 bits per heavy atom. The van der Waals surface area contributed by atoms with Gasteiger partial charge in [0, 0.05) is 12.2 Å². The first-order chi connectivity index (χ1) is 5.74. The molecule has 3 nitrogen and oxygen atoms in total. The summed E-state index contributed by atoms with van der Waals surface area (Å²) in [5, 5.41) is 3.20. The van der Waals surface area contributed by atoms with Gasteiger partial charge < -0.3 is 16.8 Å². The van der Waals surface area contributed by atoms with Gasteiger partial charge in [0.2, 0.25) is 0 Å². The predicted molar refractivity (Wildman–Crippen MR) is 54.0 cm³/mol. The Morgan fingerprint density at radius 3 is 2.75 bits per heavy atom. The van der Waals surface area contributed by atoms with Crippen molar-refractivity contribution in [1.82, 2.24) is 0 Å². The summed E-state index contributed by atoms with van der Waals surface area (Å²) in [7, 11) is 0. The van der Waals surface area contributed by atoms with E-state index >= 15 is 0 Å². The second-order valence-corrected chi connectivity index (χ2v) is 2.77. The van der Waals surface area contributed by atoms with Gasteiger partial charge in [-0.25, -0.2) is 0 Å². The number of nitrogens with one attached hydrogen (secondary N) is 1. The molecule has 1 aromatic carbocycles. The third-order valence-corrected chi connectivity index (χ3v) is 1.64. The van der Waals surface area contributed by atoms with Crippen molar-refractivity contribution in [2.75, 3.05) is 23.3 Å². The van der Waals surface area contributed by atoms with Crippen molar-refractivity contribution in [2.24, 2.45) is 0 Å². The molecule has 0 aliphatic rings. The zero-order valence-corrected chi connectivity index (χ0v) is 7.30. The Morgan fingerprint density at radius 1 is 1.33 bits per heavy atom. The lowest BCUT2D eigenvalue weighted by atomic mass is 10.2. The molecule has 0 saturated carbocycles. The lowest BCUT2D eigenvalue weighted by Gasteiger charge is -2.08. The number of hydrogen-bond donors (Lipinski definition) is 3. The van der Waals surface area contributed by atoms with E-state index in [4.69, 9.17) is 11.5 Å². The minimum absolute atomic E-state index is 0.739. The Kier molecular flexibility index (Phi) is 2.80. The van der Waals surface area contributed by atoms with Crippen LogP contribution in [0.15, 0.2) is 18.2 Å². The lowest BCUT2D eigenvalue weighted by Crippen LogP contribution is -2.03. The maximum atomic E-state index is 5.71. The van der Waals surface area contributed by atoms with Gasteiger partial charge in [0.15, 0.2) is 0 Å². The van der Waals surface area contributed by atoms with Crippen LogP contribution in [0.3, 0.4) is 0 Å². The maximum absolute atomic E-state index is 5.71. The summed E-state index contributed by atoms with van der Waals surface area (Å²) in [6, 6.07) is 5.46. The highest BCUT2D eigenvalue weighted by molar-refractivity contribution is 5.70. The Labute approximate surface area is 72.8 Å². The SMILES string of the molecule is CCCNc1cc(N)ccc1N. The standard InChI is InChI=1S/C9H15N3/c1-2-5-12-9-6-7(10)3-4-8(9)11/h3-4,6,12H,2,5,10-11H2,1H3. The molecule has 66 valence electrons. The topological polar surface area (TPSA) is 64.1 Å². The monoisotopic (exact) mass is 165 g/mol. The van der Waals surface area contributed by atoms with Crippen LogP contribution in [-0.2, 0) is 0 Å². The first-order valence-corrected chi connectivity index (χ1v) is 4.13. The van der Waals surface area contributed by atoms with E-state index in [-0.39, 0.29) is 0 Å². The van der Waals surface area contributed by atoms with E-state index in [9.17, 15) is 0 Å². The average Bonchev–Trinajstić information content (AvgIpc) is 2.07. The van der Waals surface area contributed by atoms with Gasteiger partial charge in [0.25, 0.3) is 0 Å². The molecule has 3 heteroatoms. The molecule has 1 aromatic rings. The van der Waals surface area contributed by atoms with Crippen LogP contribution in [0.2, 0.25) is 0 Å². The second kappa shape index (κ2) is 3.85. The summed E-state index contributed by atoms with van der Waals surface area (Å²) in [6.07, 6.45) is 1.08. The van der Waals surface area contributed by atoms with Gasteiger partial charge in [-0.3, -0.25) is 0 Å². The largest absolute Gasteiger partial charge is 0.399 e. The zero-order valence-electron chi connectivity index (χ0n) is 7.30. The molecule has 0 aliphatic heterocycles. The van der Waals surface area contributed by atoms with E-state index in [0.29, 0.717) is 0 Å². The lowest BCUT2D eigenvalue weighted by molar-refractivity contribution is 0.980. The molecule has 5 N–H and O–H groups in total. The first kappa shape index (κ1) is 8.71. The van der Waals surface area contributed by atoms with E-state index in [2.05, 4.69) is 12.2 Å². The molecule has 0 saturated heterocycles. The number of nitrogen functional groups attached to an aromatic ring is 2. The Balaban J connectivity index is 2.75. The van der Waals surface area contributed by atoms with Crippen molar-refractivity contribution in [3.8, 4) is 0 Å². The van der Waals surface area contributed by atoms with Crippen molar-refractivity contribution in [1.29, 1.82) is 0 Å². The molecule has 0 aromatic heterocycles. The fourth-order valence-corrected chi connectivity index (χ4v) is 0.987. The molecular formula is C9H15N3. The van der Waals surface area contributed by atoms with Crippen LogP contribution < -0.4 is 16.8 Å². The second-order valence-electron chi connectivity index (χ2n) is 2.77. The van der Waals surface area contributed by atoms with Gasteiger partial charge >= 0.3 is 0 Å². The van der Waals surface area contributed by atoms with Crippen LogP contribution in [0.1, 0.15) is 13.3 Å². The Bertz CT molecular complexity index is 258. The van der Waals surface area contributed by atoms with Gasteiger partial charge in [-0.2, -0.15) is 0 Å². The molecule has 0 fully saturated rings. The summed E-state index contributed by atoms with van der Waals surface area (Å²) >= 11 is 0. The third-order valence-electron chi connectivity index (χ3n) is 1.64. The summed E-state index contributed by atoms with van der Waals surface area (Å²) in [4.78, 5) is 0. The van der Waals surface area contributed by atoms with Crippen LogP contribution in [0.4, 0.5) is 17.1 Å². The van der Waals surface area contributed by atoms with E-state index in [0.717, 1.165) is 30.0 Å². The van der Waals surface area contributed by atoms with E-state index in [1.807, 2.05) is 12.1 Å². The smallest absolute Gasteiger partial charge is 0.0594 e. The molecule has 0 amide bonds. The van der Waals surface area contributed by atoms with Gasteiger partial charge in [-0.15, -0.1) is 0 Å². The number of benzene rings is 1. The minimum atomic E-state index is 0.739. The average molecular weight is 165 g/mol. The molecule has 0 atom stereocenters. The third kappa shape index (κ3) is 2.05. The number of nitrogens with two attached hydrogens (primary N) is 2. The summed E-state index contributed by atoms with van der Waals surface area (Å²) in [5.74, 6) is 0. The van der Waals surface area contributed by atoms with E-state index in [1.54, 1.807) is 6.07 Å². The number of rotatable bonds is 3. The molecule has 0 heterocycles. The fraction of sp³-hybridized carbons (Fsp3) is 0.333. The summed E-state index contributed by atoms with van der Waals surface area (Å²) in [5.41, 5.74) is 13.7. The molecule has 1 rings (SSSR count). The van der Waals surface area contributed by atoms with Crippen molar-refractivity contribution in [3.63, 3.8) is 0 Å². The van der Waals surface area contributed by atoms with Crippen LogP contribution in [-0.4, -0.2) is 6.54 Å². The van der Waals surface area contributed by atoms with Crippen molar-refractivity contribution >= 4 is 17.1 Å². The molecule has 0 radical (unpaired) electrons. The van der Waals surface area contributed by atoms with Crippen molar-refractivity contribution < 1.29 is 0 Å². The maximum Gasteiger partial charge on any atom is 0.0594 e. The molecular weight excluding hydrogens is 150 g/mol. The van der Waals surface area contributed by atoms with Gasteiger partial charge in [-0.1, -0.05) is 6.92 Å². The number of hydrogen-bond acceptors (Lipinski definition) is 3. The van der Waals surface area contributed by atoms with Crippen LogP contribution >= 0.6 is 0 Å². The van der Waals surface area contributed by atoms with Gasteiger partial charge in [0.1, 0.15) is 0 Å². The molecule has 0 spiro atoms. The highest BCUT2D eigenvalue weighted by Crippen LogP contribution is 2.20. The highest BCUT2D eigenvalue weighted by Gasteiger charge is 1.96. The van der Waals surface area contributed by atoms with Crippen LogP contribution in [0.25, 0.3) is 0 Å². The molecule has 0 aliphatic carbocycles. The van der Waals surface area contributed by atoms with Crippen LogP contribution in [0, 0.1) is 0 Å². The fourth-order valence-electron chi connectivity index (χ4n) is 0.987. The zero-order chi connectivity index (χ0) is 8.97. The van der Waals surface area contributed by atoms with Crippen molar-refractivity contribution in [2.45, 2.75) is 13.3 Å². The summed E-state index contributed by atoms with van der Waals surface area (Å²) < 4.78 is 0. The normalized spacial score (nSPS) is 9.75. The summed E-state index contributed by atoms with van der Waals surface area (Å²) in [6.45, 7) is 3.03. The van der Waals surface area contributed by atoms with Crippen LogP contribution in [0.5, 0.6) is 0 Å². The highest BCUT2D eigenvalue weighted by atomic mass is 14.9. The first-order valence-electron chi connectivity index (χ1n) is 4.13. The number of anilines is 3. The molecule has 12 heavy (non-hydrogen) atoms. The predicted octanol–water partition coefficient (Wildman–Crippen LogP) is 1.67. The van der Waals surface area contributed by atoms with Crippen molar-refractivity contribution in [3.05, 3.63) is 18.2 Å².